The summed E-state index contributed by atoms with van der Waals surface area (Å²) in [4.78, 5) is 11.4. The van der Waals surface area contributed by atoms with Gasteiger partial charge in [-0.1, -0.05) is 22.0 Å². The monoisotopic (exact) mass is 299 g/mol. The minimum absolute atomic E-state index is 0.0236. The molecular formula is C13H18BrNO2. The number of carbonyl (C=O) groups is 1. The molecule has 94 valence electrons. The van der Waals surface area contributed by atoms with Gasteiger partial charge in [-0.2, -0.15) is 0 Å². The maximum absolute atomic E-state index is 11.4. The van der Waals surface area contributed by atoms with Crippen LogP contribution >= 0.6 is 15.9 Å². The smallest absolute Gasteiger partial charge is 0.310 e. The molecule has 1 N–H and O–H groups in total. The molecule has 0 spiro atoms. The highest BCUT2D eigenvalue weighted by Gasteiger charge is 2.21. The number of methoxy groups -OCH3 is 1. The molecule has 1 aromatic carbocycles. The van der Waals surface area contributed by atoms with Crippen molar-refractivity contribution in [1.29, 1.82) is 0 Å². The van der Waals surface area contributed by atoms with Crippen LogP contribution in [0.4, 0.5) is 5.69 Å². The van der Waals surface area contributed by atoms with E-state index in [2.05, 4.69) is 21.2 Å². The third kappa shape index (κ3) is 3.46. The zero-order valence-corrected chi connectivity index (χ0v) is 12.2. The van der Waals surface area contributed by atoms with Gasteiger partial charge in [0, 0.05) is 16.2 Å². The summed E-state index contributed by atoms with van der Waals surface area (Å²) in [5, 5.41) is 3.34. The maximum Gasteiger partial charge on any atom is 0.310 e. The van der Waals surface area contributed by atoms with Crippen molar-refractivity contribution in [3.05, 3.63) is 28.2 Å². The Morgan fingerprint density at radius 2 is 2.06 bits per heavy atom. The molecule has 0 aliphatic heterocycles. The van der Waals surface area contributed by atoms with E-state index < -0.39 is 0 Å². The molecule has 0 saturated heterocycles. The molecule has 1 rings (SSSR count). The first kappa shape index (κ1) is 14.0. The van der Waals surface area contributed by atoms with Gasteiger partial charge in [-0.3, -0.25) is 4.79 Å². The third-order valence-electron chi connectivity index (χ3n) is 2.97. The number of halogens is 1. The molecule has 0 radical (unpaired) electrons. The molecule has 2 unspecified atom stereocenters. The van der Waals surface area contributed by atoms with Crippen LogP contribution in [0, 0.1) is 12.8 Å². The predicted molar refractivity (Wildman–Crippen MR) is 73.1 cm³/mol. The predicted octanol–water partition coefficient (Wildman–Crippen LogP) is 3.37. The van der Waals surface area contributed by atoms with Crippen molar-refractivity contribution in [3.8, 4) is 0 Å². The van der Waals surface area contributed by atoms with Gasteiger partial charge < -0.3 is 10.1 Å². The van der Waals surface area contributed by atoms with Crippen molar-refractivity contribution in [2.75, 3.05) is 12.4 Å². The molecule has 0 aromatic heterocycles. The Morgan fingerprint density at radius 1 is 1.41 bits per heavy atom. The summed E-state index contributed by atoms with van der Waals surface area (Å²) in [6.07, 6.45) is 0. The fourth-order valence-electron chi connectivity index (χ4n) is 1.52. The number of esters is 1. The Morgan fingerprint density at radius 3 is 2.65 bits per heavy atom. The molecular weight excluding hydrogens is 282 g/mol. The fourth-order valence-corrected chi connectivity index (χ4v) is 1.89. The van der Waals surface area contributed by atoms with Crippen LogP contribution in [-0.2, 0) is 9.53 Å². The van der Waals surface area contributed by atoms with Gasteiger partial charge >= 0.3 is 5.97 Å². The van der Waals surface area contributed by atoms with Crippen LogP contribution in [0.15, 0.2) is 22.7 Å². The van der Waals surface area contributed by atoms with Crippen LogP contribution < -0.4 is 5.32 Å². The third-order valence-corrected chi connectivity index (χ3v) is 3.83. The molecule has 4 heteroatoms. The highest BCUT2D eigenvalue weighted by atomic mass is 79.9. The molecule has 0 saturated carbocycles. The Kier molecular flexibility index (Phi) is 5.00. The molecule has 1 aromatic rings. The fraction of sp³-hybridized carbons (Fsp3) is 0.462. The van der Waals surface area contributed by atoms with Crippen molar-refractivity contribution in [3.63, 3.8) is 0 Å². The number of hydrogen-bond donors (Lipinski definition) is 1. The zero-order valence-electron chi connectivity index (χ0n) is 10.6. The number of carbonyl (C=O) groups excluding carboxylic acids is 1. The highest BCUT2D eigenvalue weighted by Crippen LogP contribution is 2.25. The quantitative estimate of drug-likeness (QED) is 0.866. The van der Waals surface area contributed by atoms with E-state index in [1.54, 1.807) is 0 Å². The van der Waals surface area contributed by atoms with E-state index in [9.17, 15) is 4.79 Å². The molecule has 0 fully saturated rings. The number of nitrogens with one attached hydrogen (secondary N) is 1. The Labute approximate surface area is 111 Å². The Bertz CT molecular complexity index is 406. The number of ether oxygens (including phenoxy) is 1. The average Bonchev–Trinajstić information content (AvgIpc) is 2.32. The molecule has 2 atom stereocenters. The standard InChI is InChI=1S/C13H18BrNO2/c1-8(13(16)17-4)10(3)15-12-7-5-6-11(14)9(12)2/h5-8,10,15H,1-4H3. The van der Waals surface area contributed by atoms with Gasteiger partial charge in [0.2, 0.25) is 0 Å². The summed E-state index contributed by atoms with van der Waals surface area (Å²) in [5.41, 5.74) is 2.17. The number of hydrogen-bond acceptors (Lipinski definition) is 3. The molecule has 0 aliphatic rings. The van der Waals surface area contributed by atoms with Crippen molar-refractivity contribution >= 4 is 27.6 Å². The van der Waals surface area contributed by atoms with E-state index in [4.69, 9.17) is 4.74 Å². The lowest BCUT2D eigenvalue weighted by Gasteiger charge is -2.21. The van der Waals surface area contributed by atoms with Crippen molar-refractivity contribution in [2.45, 2.75) is 26.8 Å². The van der Waals surface area contributed by atoms with Crippen LogP contribution in [0.3, 0.4) is 0 Å². The van der Waals surface area contributed by atoms with E-state index in [0.717, 1.165) is 15.7 Å². The van der Waals surface area contributed by atoms with Gasteiger partial charge in [-0.05, 0) is 38.5 Å². The largest absolute Gasteiger partial charge is 0.469 e. The Balaban J connectivity index is 2.77. The maximum atomic E-state index is 11.4. The molecule has 3 nitrogen and oxygen atoms in total. The minimum Gasteiger partial charge on any atom is -0.469 e. The van der Waals surface area contributed by atoms with Crippen molar-refractivity contribution in [2.24, 2.45) is 5.92 Å². The normalized spacial score (nSPS) is 13.9. The van der Waals surface area contributed by atoms with E-state index in [1.807, 2.05) is 39.0 Å². The lowest BCUT2D eigenvalue weighted by Crippen LogP contribution is -2.30. The molecule has 17 heavy (non-hydrogen) atoms. The lowest BCUT2D eigenvalue weighted by atomic mass is 10.0. The van der Waals surface area contributed by atoms with Crippen LogP contribution in [-0.4, -0.2) is 19.1 Å². The number of benzene rings is 1. The second-order valence-corrected chi connectivity index (χ2v) is 5.01. The van der Waals surface area contributed by atoms with Crippen molar-refractivity contribution < 1.29 is 9.53 Å². The van der Waals surface area contributed by atoms with E-state index in [0.29, 0.717) is 0 Å². The molecule has 0 bridgehead atoms. The molecule has 0 heterocycles. The van der Waals surface area contributed by atoms with Gasteiger partial charge in [0.05, 0.1) is 13.0 Å². The number of anilines is 1. The van der Waals surface area contributed by atoms with Crippen LogP contribution in [0.5, 0.6) is 0 Å². The summed E-state index contributed by atoms with van der Waals surface area (Å²) in [7, 11) is 1.41. The minimum atomic E-state index is -0.197. The number of rotatable bonds is 4. The van der Waals surface area contributed by atoms with Crippen LogP contribution in [0.2, 0.25) is 0 Å². The van der Waals surface area contributed by atoms with Gasteiger partial charge in [0.15, 0.2) is 0 Å². The summed E-state index contributed by atoms with van der Waals surface area (Å²) in [6.45, 7) is 5.86. The summed E-state index contributed by atoms with van der Waals surface area (Å²) in [5.74, 6) is -0.379. The van der Waals surface area contributed by atoms with Gasteiger partial charge in [0.1, 0.15) is 0 Å². The average molecular weight is 300 g/mol. The summed E-state index contributed by atoms with van der Waals surface area (Å²) in [6, 6.07) is 5.99. The van der Waals surface area contributed by atoms with Crippen molar-refractivity contribution in [1.82, 2.24) is 0 Å². The lowest BCUT2D eigenvalue weighted by molar-refractivity contribution is -0.145. The topological polar surface area (TPSA) is 38.3 Å². The summed E-state index contributed by atoms with van der Waals surface area (Å²) < 4.78 is 5.79. The summed E-state index contributed by atoms with van der Waals surface area (Å²) >= 11 is 3.48. The second kappa shape index (κ2) is 6.05. The van der Waals surface area contributed by atoms with E-state index >= 15 is 0 Å². The Hall–Kier alpha value is -1.03. The first-order valence-electron chi connectivity index (χ1n) is 5.56. The van der Waals surface area contributed by atoms with Crippen LogP contribution in [0.25, 0.3) is 0 Å². The van der Waals surface area contributed by atoms with Gasteiger partial charge in [-0.15, -0.1) is 0 Å². The van der Waals surface area contributed by atoms with E-state index in [-0.39, 0.29) is 17.9 Å². The SMILES string of the molecule is COC(=O)C(C)C(C)Nc1cccc(Br)c1C. The molecule has 0 aliphatic carbocycles. The second-order valence-electron chi connectivity index (χ2n) is 4.16. The van der Waals surface area contributed by atoms with Gasteiger partial charge in [0.25, 0.3) is 0 Å². The van der Waals surface area contributed by atoms with Crippen LogP contribution in [0.1, 0.15) is 19.4 Å². The first-order chi connectivity index (χ1) is 7.97. The first-order valence-corrected chi connectivity index (χ1v) is 6.36. The zero-order chi connectivity index (χ0) is 13.0. The molecule has 0 amide bonds. The van der Waals surface area contributed by atoms with Gasteiger partial charge in [-0.25, -0.2) is 0 Å². The highest BCUT2D eigenvalue weighted by molar-refractivity contribution is 9.10. The van der Waals surface area contributed by atoms with E-state index in [1.165, 1.54) is 7.11 Å².